The number of anilines is 1. The van der Waals surface area contributed by atoms with E-state index in [4.69, 9.17) is 4.74 Å². The average molecular weight is 465 g/mol. The maximum absolute atomic E-state index is 13.4. The second-order valence-electron chi connectivity index (χ2n) is 7.16. The second-order valence-corrected chi connectivity index (χ2v) is 8.17. The van der Waals surface area contributed by atoms with Gasteiger partial charge in [0.15, 0.2) is 4.80 Å². The summed E-state index contributed by atoms with van der Waals surface area (Å²) in [6.45, 7) is 3.65. The largest absolute Gasteiger partial charge is 0.463 e. The van der Waals surface area contributed by atoms with Crippen molar-refractivity contribution < 1.29 is 14.5 Å². The third-order valence-electron chi connectivity index (χ3n) is 5.06. The second kappa shape index (κ2) is 9.21. The first-order valence-corrected chi connectivity index (χ1v) is 11.0. The zero-order valence-electron chi connectivity index (χ0n) is 17.8. The minimum absolute atomic E-state index is 0.0614. The lowest BCUT2D eigenvalue weighted by atomic mass is 9.96. The van der Waals surface area contributed by atoms with Crippen LogP contribution in [0.15, 0.2) is 75.7 Å². The fourth-order valence-corrected chi connectivity index (χ4v) is 4.57. The number of carbonyl (C=O) groups is 1. The summed E-state index contributed by atoms with van der Waals surface area (Å²) >= 11 is 1.17. The molecule has 1 aliphatic rings. The summed E-state index contributed by atoms with van der Waals surface area (Å²) in [7, 11) is 0. The molecule has 0 fully saturated rings. The molecular formula is C23H20N4O5S. The van der Waals surface area contributed by atoms with E-state index in [-0.39, 0.29) is 17.9 Å². The lowest BCUT2D eigenvalue weighted by molar-refractivity contribution is -0.384. The quantitative estimate of drug-likeness (QED) is 0.341. The Morgan fingerprint density at radius 3 is 2.73 bits per heavy atom. The van der Waals surface area contributed by atoms with E-state index in [0.29, 0.717) is 26.3 Å². The molecule has 0 radical (unpaired) electrons. The van der Waals surface area contributed by atoms with Crippen LogP contribution in [0.4, 0.5) is 11.4 Å². The van der Waals surface area contributed by atoms with Gasteiger partial charge in [-0.25, -0.2) is 9.79 Å². The molecule has 1 aliphatic heterocycles. The number of aromatic nitrogens is 1. The number of ether oxygens (including phenoxy) is 1. The summed E-state index contributed by atoms with van der Waals surface area (Å²) in [6.07, 6.45) is 1.49. The summed E-state index contributed by atoms with van der Waals surface area (Å²) in [5.74, 6) is -0.517. The summed E-state index contributed by atoms with van der Waals surface area (Å²) in [5, 5.41) is 14.0. The normalized spacial score (nSPS) is 15.6. The highest BCUT2D eigenvalue weighted by molar-refractivity contribution is 7.07. The van der Waals surface area contributed by atoms with E-state index in [1.807, 2.05) is 30.3 Å². The Balaban J connectivity index is 1.83. The third kappa shape index (κ3) is 4.33. The summed E-state index contributed by atoms with van der Waals surface area (Å²) in [4.78, 5) is 41.7. The van der Waals surface area contributed by atoms with E-state index in [9.17, 15) is 19.7 Å². The van der Waals surface area contributed by atoms with E-state index >= 15 is 0 Å². The Kier molecular flexibility index (Phi) is 6.18. The van der Waals surface area contributed by atoms with E-state index < -0.39 is 16.9 Å². The fraction of sp³-hybridized carbons (Fsp3) is 0.174. The monoisotopic (exact) mass is 464 g/mol. The van der Waals surface area contributed by atoms with E-state index in [2.05, 4.69) is 10.3 Å². The van der Waals surface area contributed by atoms with Crippen molar-refractivity contribution in [3.05, 3.63) is 101 Å². The first kappa shape index (κ1) is 22.2. The van der Waals surface area contributed by atoms with Crippen molar-refractivity contribution in [2.24, 2.45) is 4.99 Å². The molecule has 168 valence electrons. The molecule has 2 heterocycles. The zero-order valence-corrected chi connectivity index (χ0v) is 18.7. The van der Waals surface area contributed by atoms with Gasteiger partial charge in [-0.05, 0) is 25.5 Å². The van der Waals surface area contributed by atoms with Crippen molar-refractivity contribution >= 4 is 34.9 Å². The van der Waals surface area contributed by atoms with Crippen LogP contribution in [-0.4, -0.2) is 22.1 Å². The molecule has 0 saturated heterocycles. The van der Waals surface area contributed by atoms with Gasteiger partial charge in [-0.1, -0.05) is 47.7 Å². The molecule has 1 N–H and O–H groups in total. The molecule has 33 heavy (non-hydrogen) atoms. The highest BCUT2D eigenvalue weighted by Gasteiger charge is 2.33. The number of non-ortho nitro benzene ring substituents is 1. The number of carbonyl (C=O) groups excluding carboxylic acids is 1. The number of thiazole rings is 1. The van der Waals surface area contributed by atoms with Gasteiger partial charge >= 0.3 is 5.97 Å². The van der Waals surface area contributed by atoms with Crippen molar-refractivity contribution in [2.45, 2.75) is 19.9 Å². The van der Waals surface area contributed by atoms with Crippen LogP contribution in [0.25, 0.3) is 6.20 Å². The van der Waals surface area contributed by atoms with Gasteiger partial charge in [0.1, 0.15) is 4.53 Å². The predicted molar refractivity (Wildman–Crippen MR) is 124 cm³/mol. The molecular weight excluding hydrogens is 444 g/mol. The van der Waals surface area contributed by atoms with Crippen LogP contribution in [0.5, 0.6) is 0 Å². The summed E-state index contributed by atoms with van der Waals surface area (Å²) in [5.41, 5.74) is 1.64. The molecule has 0 aliphatic carbocycles. The Morgan fingerprint density at radius 2 is 2.03 bits per heavy atom. The molecule has 3 aromatic rings. The van der Waals surface area contributed by atoms with Crippen LogP contribution in [-0.2, 0) is 9.53 Å². The van der Waals surface area contributed by atoms with E-state index in [1.54, 1.807) is 26.0 Å². The molecule has 2 aromatic carbocycles. The average Bonchev–Trinajstić information content (AvgIpc) is 3.12. The van der Waals surface area contributed by atoms with Crippen LogP contribution in [0, 0.1) is 10.1 Å². The number of allylic oxidation sites excluding steroid dienone is 1. The molecule has 10 heteroatoms. The first-order valence-electron chi connectivity index (χ1n) is 10.1. The smallest absolute Gasteiger partial charge is 0.338 e. The minimum atomic E-state index is -0.679. The number of rotatable bonds is 6. The Bertz CT molecular complexity index is 1440. The molecule has 4 rings (SSSR count). The highest BCUT2D eigenvalue weighted by atomic mass is 32.1. The maximum Gasteiger partial charge on any atom is 0.338 e. The van der Waals surface area contributed by atoms with Crippen molar-refractivity contribution in [3.8, 4) is 0 Å². The fourth-order valence-electron chi connectivity index (χ4n) is 3.60. The van der Waals surface area contributed by atoms with Gasteiger partial charge in [-0.15, -0.1) is 0 Å². The Morgan fingerprint density at radius 1 is 1.27 bits per heavy atom. The van der Waals surface area contributed by atoms with Gasteiger partial charge in [0.25, 0.3) is 11.2 Å². The van der Waals surface area contributed by atoms with Crippen molar-refractivity contribution in [1.29, 1.82) is 0 Å². The number of hydrogen-bond acceptors (Lipinski definition) is 8. The molecule has 0 unspecified atom stereocenters. The van der Waals surface area contributed by atoms with Crippen molar-refractivity contribution in [3.63, 3.8) is 0 Å². The maximum atomic E-state index is 13.4. The van der Waals surface area contributed by atoms with Crippen LogP contribution in [0.2, 0.25) is 0 Å². The number of nitrogens with zero attached hydrogens (tertiary/aromatic N) is 3. The van der Waals surface area contributed by atoms with Gasteiger partial charge in [-0.2, -0.15) is 0 Å². The van der Waals surface area contributed by atoms with E-state index in [0.717, 1.165) is 5.56 Å². The molecule has 0 spiro atoms. The number of fused-ring (bicyclic) bond motifs is 1. The topological polar surface area (TPSA) is 116 Å². The van der Waals surface area contributed by atoms with Crippen molar-refractivity contribution in [2.75, 3.05) is 11.9 Å². The molecule has 9 nitrogen and oxygen atoms in total. The minimum Gasteiger partial charge on any atom is -0.463 e. The number of hydrogen-bond donors (Lipinski definition) is 1. The molecule has 0 saturated carbocycles. The van der Waals surface area contributed by atoms with Gasteiger partial charge in [-0.3, -0.25) is 19.5 Å². The van der Waals surface area contributed by atoms with Gasteiger partial charge < -0.3 is 10.1 Å². The third-order valence-corrected chi connectivity index (χ3v) is 6.04. The van der Waals surface area contributed by atoms with Gasteiger partial charge in [0.05, 0.1) is 28.8 Å². The summed E-state index contributed by atoms with van der Waals surface area (Å²) < 4.78 is 7.09. The number of esters is 1. The number of nitrogens with one attached hydrogen (secondary N) is 1. The lowest BCUT2D eigenvalue weighted by Crippen LogP contribution is -2.40. The van der Waals surface area contributed by atoms with Crippen LogP contribution in [0.1, 0.15) is 25.5 Å². The van der Waals surface area contributed by atoms with E-state index in [1.165, 1.54) is 34.2 Å². The lowest BCUT2D eigenvalue weighted by Gasteiger charge is -2.24. The molecule has 1 aromatic heterocycles. The van der Waals surface area contributed by atoms with Crippen molar-refractivity contribution in [1.82, 2.24) is 4.57 Å². The van der Waals surface area contributed by atoms with Crippen LogP contribution < -0.4 is 20.2 Å². The van der Waals surface area contributed by atoms with Crippen LogP contribution in [0.3, 0.4) is 0 Å². The Labute approximate surface area is 192 Å². The highest BCUT2D eigenvalue weighted by Crippen LogP contribution is 2.30. The molecule has 1 atom stereocenters. The number of nitro benzene ring substituents is 1. The number of benzene rings is 2. The SMILES string of the molecule is CCOC(=O)C1=C(C)N=c2s/c(=C\Nc3cccc([N+](=O)[O-])c3)c(=O)n2[C@@H]1c1ccccc1. The standard InChI is InChI=1S/C23H20N4O5S/c1-3-32-22(29)19-14(2)25-23-26(20(19)15-8-5-4-6-9-15)21(28)18(33-23)13-24-16-10-7-11-17(12-16)27(30)31/h4-13,20,24H,3H2,1-2H3/b18-13-/t20-/m1/s1. The Hall–Kier alpha value is -4.05. The van der Waals surface area contributed by atoms with Gasteiger partial charge in [0.2, 0.25) is 0 Å². The zero-order chi connectivity index (χ0) is 23.5. The molecule has 0 amide bonds. The predicted octanol–water partition coefficient (Wildman–Crippen LogP) is 2.73. The number of nitro groups is 1. The molecule has 0 bridgehead atoms. The first-order chi connectivity index (χ1) is 15.9. The summed E-state index contributed by atoms with van der Waals surface area (Å²) in [6, 6.07) is 14.5. The van der Waals surface area contributed by atoms with Crippen LogP contribution >= 0.6 is 11.3 Å². The van der Waals surface area contributed by atoms with Gasteiger partial charge in [0, 0.05) is 24.0 Å².